The zero-order chi connectivity index (χ0) is 20.8. The minimum Gasteiger partial charge on any atom is -0.462 e. The first-order chi connectivity index (χ1) is 13.8. The summed E-state index contributed by atoms with van der Waals surface area (Å²) in [5, 5.41) is 0. The standard InChI is InChI=1S/C21H16F3NO4/c1-2-28-20(27)18-14(12-6-5-7-13(10-12)21(22,23)24)11-17(26)25-15-8-3-4-9-16(15)29-19(18)25/h3-10,14H,2,11H2,1H3/t14-/m1/s1. The van der Waals surface area contributed by atoms with Crippen molar-refractivity contribution in [1.82, 2.24) is 0 Å². The molecule has 150 valence electrons. The van der Waals surface area contributed by atoms with Gasteiger partial charge in [0.2, 0.25) is 11.8 Å². The van der Waals surface area contributed by atoms with Crippen LogP contribution in [0.3, 0.4) is 0 Å². The number of carbonyl (C=O) groups is 2. The number of ether oxygens (including phenoxy) is 2. The summed E-state index contributed by atoms with van der Waals surface area (Å²) in [6.07, 6.45) is -4.73. The summed E-state index contributed by atoms with van der Waals surface area (Å²) >= 11 is 0. The molecule has 2 aliphatic heterocycles. The summed E-state index contributed by atoms with van der Waals surface area (Å²) in [5.41, 5.74) is -0.143. The Bertz CT molecular complexity index is 1030. The van der Waals surface area contributed by atoms with Gasteiger partial charge in [0, 0.05) is 12.3 Å². The van der Waals surface area contributed by atoms with Gasteiger partial charge in [0.15, 0.2) is 5.75 Å². The molecular formula is C21H16F3NO4. The van der Waals surface area contributed by atoms with E-state index in [-0.39, 0.29) is 36.0 Å². The maximum atomic E-state index is 13.2. The molecule has 8 heteroatoms. The summed E-state index contributed by atoms with van der Waals surface area (Å²) < 4.78 is 50.4. The Morgan fingerprint density at radius 2 is 1.97 bits per heavy atom. The zero-order valence-corrected chi connectivity index (χ0v) is 15.3. The molecule has 1 amide bonds. The number of hydrogen-bond donors (Lipinski definition) is 0. The van der Waals surface area contributed by atoms with E-state index >= 15 is 0 Å². The van der Waals surface area contributed by atoms with Crippen molar-refractivity contribution in [3.63, 3.8) is 0 Å². The molecular weight excluding hydrogens is 387 g/mol. The normalized spacial score (nSPS) is 18.3. The lowest BCUT2D eigenvalue weighted by molar-refractivity contribution is -0.139. The maximum Gasteiger partial charge on any atom is 0.416 e. The van der Waals surface area contributed by atoms with Crippen LogP contribution in [0.4, 0.5) is 18.9 Å². The molecule has 0 bridgehead atoms. The fourth-order valence-electron chi connectivity index (χ4n) is 3.58. The van der Waals surface area contributed by atoms with Crippen molar-refractivity contribution in [1.29, 1.82) is 0 Å². The number of amides is 1. The lowest BCUT2D eigenvalue weighted by Gasteiger charge is -2.30. The van der Waals surface area contributed by atoms with Gasteiger partial charge in [-0.25, -0.2) is 9.69 Å². The van der Waals surface area contributed by atoms with Crippen LogP contribution < -0.4 is 9.64 Å². The van der Waals surface area contributed by atoms with Gasteiger partial charge in [-0.3, -0.25) is 4.79 Å². The quantitative estimate of drug-likeness (QED) is 0.714. The van der Waals surface area contributed by atoms with Gasteiger partial charge in [-0.15, -0.1) is 0 Å². The molecule has 2 aromatic carbocycles. The molecule has 0 aromatic heterocycles. The smallest absolute Gasteiger partial charge is 0.416 e. The molecule has 0 fully saturated rings. The van der Waals surface area contributed by atoms with Crippen LogP contribution in [0.5, 0.6) is 5.75 Å². The third-order valence-corrected chi connectivity index (χ3v) is 4.83. The van der Waals surface area contributed by atoms with Crippen molar-refractivity contribution >= 4 is 17.6 Å². The van der Waals surface area contributed by atoms with E-state index in [2.05, 4.69) is 0 Å². The molecule has 0 radical (unpaired) electrons. The Morgan fingerprint density at radius 3 is 2.69 bits per heavy atom. The molecule has 2 heterocycles. The third-order valence-electron chi connectivity index (χ3n) is 4.83. The first kappa shape index (κ1) is 19.0. The Morgan fingerprint density at radius 1 is 1.21 bits per heavy atom. The number of carbonyl (C=O) groups excluding carboxylic acids is 2. The minimum absolute atomic E-state index is 0.0108. The summed E-state index contributed by atoms with van der Waals surface area (Å²) in [6.45, 7) is 1.70. The van der Waals surface area contributed by atoms with Crippen molar-refractivity contribution in [2.75, 3.05) is 11.5 Å². The van der Waals surface area contributed by atoms with Crippen LogP contribution in [-0.4, -0.2) is 18.5 Å². The number of benzene rings is 2. The second-order valence-electron chi connectivity index (χ2n) is 6.62. The topological polar surface area (TPSA) is 55.8 Å². The van der Waals surface area contributed by atoms with Gasteiger partial charge in [0.1, 0.15) is 5.57 Å². The van der Waals surface area contributed by atoms with E-state index in [4.69, 9.17) is 9.47 Å². The van der Waals surface area contributed by atoms with Crippen LogP contribution in [0, 0.1) is 0 Å². The van der Waals surface area contributed by atoms with Gasteiger partial charge in [-0.05, 0) is 30.7 Å². The first-order valence-corrected chi connectivity index (χ1v) is 8.99. The monoisotopic (exact) mass is 403 g/mol. The Balaban J connectivity index is 1.87. The molecule has 0 N–H and O–H groups in total. The highest BCUT2D eigenvalue weighted by Crippen LogP contribution is 2.47. The van der Waals surface area contributed by atoms with E-state index in [1.165, 1.54) is 17.0 Å². The molecule has 0 saturated heterocycles. The Labute approximate surface area is 164 Å². The SMILES string of the molecule is CCOC(=O)C1=C2Oc3ccccc3N2C(=O)C[C@@H]1c1cccc(C(F)(F)F)c1. The van der Waals surface area contributed by atoms with Crippen LogP contribution in [0.25, 0.3) is 0 Å². The predicted molar refractivity (Wildman–Crippen MR) is 97.0 cm³/mol. The number of para-hydroxylation sites is 2. The van der Waals surface area contributed by atoms with E-state index < -0.39 is 23.6 Å². The van der Waals surface area contributed by atoms with E-state index in [0.29, 0.717) is 11.4 Å². The number of alkyl halides is 3. The van der Waals surface area contributed by atoms with Crippen LogP contribution >= 0.6 is 0 Å². The Kier molecular flexibility index (Phi) is 4.56. The molecule has 4 rings (SSSR count). The highest BCUT2D eigenvalue weighted by Gasteiger charge is 2.45. The van der Waals surface area contributed by atoms with E-state index in [1.807, 2.05) is 0 Å². The van der Waals surface area contributed by atoms with Gasteiger partial charge in [0.05, 0.1) is 17.9 Å². The van der Waals surface area contributed by atoms with Gasteiger partial charge in [-0.1, -0.05) is 30.3 Å². The first-order valence-electron chi connectivity index (χ1n) is 8.99. The largest absolute Gasteiger partial charge is 0.462 e. The highest BCUT2D eigenvalue weighted by atomic mass is 19.4. The number of fused-ring (bicyclic) bond motifs is 3. The predicted octanol–water partition coefficient (Wildman–Crippen LogP) is 4.39. The highest BCUT2D eigenvalue weighted by molar-refractivity contribution is 6.06. The number of hydrogen-bond acceptors (Lipinski definition) is 4. The summed E-state index contributed by atoms with van der Waals surface area (Å²) in [4.78, 5) is 26.9. The van der Waals surface area contributed by atoms with E-state index in [0.717, 1.165) is 12.1 Å². The summed E-state index contributed by atoms with van der Waals surface area (Å²) in [5.74, 6) is -1.63. The average molecular weight is 403 g/mol. The van der Waals surface area contributed by atoms with Crippen molar-refractivity contribution in [3.05, 3.63) is 71.1 Å². The van der Waals surface area contributed by atoms with Crippen LogP contribution in [0.2, 0.25) is 0 Å². The molecule has 0 saturated carbocycles. The zero-order valence-electron chi connectivity index (χ0n) is 15.3. The average Bonchev–Trinajstić information content (AvgIpc) is 3.07. The van der Waals surface area contributed by atoms with E-state index in [9.17, 15) is 22.8 Å². The van der Waals surface area contributed by atoms with Crippen molar-refractivity contribution in [2.24, 2.45) is 0 Å². The second kappa shape index (κ2) is 6.95. The van der Waals surface area contributed by atoms with Gasteiger partial charge >= 0.3 is 12.1 Å². The van der Waals surface area contributed by atoms with Crippen LogP contribution in [-0.2, 0) is 20.5 Å². The molecule has 0 unspecified atom stereocenters. The molecule has 1 atom stereocenters. The van der Waals surface area contributed by atoms with Gasteiger partial charge in [-0.2, -0.15) is 13.2 Å². The van der Waals surface area contributed by atoms with Crippen LogP contribution in [0.15, 0.2) is 60.0 Å². The molecule has 29 heavy (non-hydrogen) atoms. The summed E-state index contributed by atoms with van der Waals surface area (Å²) in [6, 6.07) is 11.4. The van der Waals surface area contributed by atoms with Gasteiger partial charge in [0.25, 0.3) is 0 Å². The molecule has 0 spiro atoms. The number of esters is 1. The number of nitrogens with zero attached hydrogens (tertiary/aromatic N) is 1. The van der Waals surface area contributed by atoms with Gasteiger partial charge < -0.3 is 9.47 Å². The molecule has 5 nitrogen and oxygen atoms in total. The van der Waals surface area contributed by atoms with E-state index in [1.54, 1.807) is 31.2 Å². The molecule has 2 aliphatic rings. The van der Waals surface area contributed by atoms with Crippen molar-refractivity contribution in [2.45, 2.75) is 25.4 Å². The number of anilines is 1. The second-order valence-corrected chi connectivity index (χ2v) is 6.62. The minimum atomic E-state index is -4.54. The van der Waals surface area contributed by atoms with Crippen molar-refractivity contribution in [3.8, 4) is 5.75 Å². The lowest BCUT2D eigenvalue weighted by atomic mass is 9.84. The lowest BCUT2D eigenvalue weighted by Crippen LogP contribution is -2.38. The fraction of sp³-hybridized carbons (Fsp3) is 0.238. The number of rotatable bonds is 3. The summed E-state index contributed by atoms with van der Waals surface area (Å²) in [7, 11) is 0. The van der Waals surface area contributed by atoms with Crippen LogP contribution in [0.1, 0.15) is 30.4 Å². The Hall–Kier alpha value is -3.29. The third kappa shape index (κ3) is 3.24. The molecule has 0 aliphatic carbocycles. The fourth-order valence-corrected chi connectivity index (χ4v) is 3.58. The van der Waals surface area contributed by atoms with Crippen molar-refractivity contribution < 1.29 is 32.2 Å². The molecule has 2 aromatic rings. The number of halogens is 3. The maximum absolute atomic E-state index is 13.2.